The second-order valence-corrected chi connectivity index (χ2v) is 7.18. The smallest absolute Gasteiger partial charge is 0.229 e. The van der Waals surface area contributed by atoms with Gasteiger partial charge < -0.3 is 10.6 Å². The first-order valence-electron chi connectivity index (χ1n) is 8.66. The van der Waals surface area contributed by atoms with Gasteiger partial charge in [-0.25, -0.2) is 4.98 Å². The minimum atomic E-state index is 0.417. The van der Waals surface area contributed by atoms with Crippen molar-refractivity contribution in [3.8, 4) is 0 Å². The van der Waals surface area contributed by atoms with Crippen LogP contribution in [0.1, 0.15) is 25.3 Å². The zero-order chi connectivity index (χ0) is 17.4. The van der Waals surface area contributed by atoms with Crippen molar-refractivity contribution in [1.82, 2.24) is 9.97 Å². The van der Waals surface area contributed by atoms with Gasteiger partial charge in [0.15, 0.2) is 0 Å². The molecule has 1 aliphatic rings. The quantitative estimate of drug-likeness (QED) is 0.632. The monoisotopic (exact) mass is 352 g/mol. The van der Waals surface area contributed by atoms with Crippen LogP contribution in [-0.4, -0.2) is 16.0 Å². The minimum Gasteiger partial charge on any atom is -0.367 e. The lowest BCUT2D eigenvalue weighted by Crippen LogP contribution is -2.19. The molecule has 1 fully saturated rings. The summed E-state index contributed by atoms with van der Waals surface area (Å²) < 4.78 is 0. The highest BCUT2D eigenvalue weighted by Crippen LogP contribution is 2.35. The summed E-state index contributed by atoms with van der Waals surface area (Å²) in [6.45, 7) is 4.21. The molecule has 0 amide bonds. The van der Waals surface area contributed by atoms with Crippen molar-refractivity contribution in [3.05, 3.63) is 53.1 Å². The molecule has 5 heteroatoms. The van der Waals surface area contributed by atoms with Gasteiger partial charge in [0.25, 0.3) is 0 Å². The van der Waals surface area contributed by atoms with Crippen LogP contribution in [0.15, 0.2) is 42.5 Å². The molecule has 2 aromatic carbocycles. The Morgan fingerprint density at radius 3 is 2.68 bits per heavy atom. The first-order valence-corrected chi connectivity index (χ1v) is 9.04. The molecule has 1 aromatic heterocycles. The highest BCUT2D eigenvalue weighted by atomic mass is 35.5. The summed E-state index contributed by atoms with van der Waals surface area (Å²) in [6.07, 6.45) is 2.59. The number of aryl methyl sites for hydroxylation is 1. The van der Waals surface area contributed by atoms with Crippen LogP contribution in [0.3, 0.4) is 0 Å². The first kappa shape index (κ1) is 16.2. The number of fused-ring (bicyclic) bond motifs is 1. The van der Waals surface area contributed by atoms with E-state index >= 15 is 0 Å². The molecule has 1 aliphatic carbocycles. The fraction of sp³-hybridized carbons (Fsp3) is 0.300. The lowest BCUT2D eigenvalue weighted by atomic mass is 10.2. The number of halogens is 1. The lowest BCUT2D eigenvalue weighted by molar-refractivity contribution is 0.691. The topological polar surface area (TPSA) is 49.8 Å². The summed E-state index contributed by atoms with van der Waals surface area (Å²) in [7, 11) is 0. The van der Waals surface area contributed by atoms with E-state index in [1.165, 1.54) is 12.8 Å². The van der Waals surface area contributed by atoms with Gasteiger partial charge in [0.1, 0.15) is 5.82 Å². The van der Waals surface area contributed by atoms with Crippen LogP contribution < -0.4 is 10.6 Å². The van der Waals surface area contributed by atoms with Gasteiger partial charge >= 0.3 is 0 Å². The second kappa shape index (κ2) is 6.52. The zero-order valence-electron chi connectivity index (χ0n) is 14.4. The van der Waals surface area contributed by atoms with Gasteiger partial charge in [-0.05, 0) is 62.4 Å². The van der Waals surface area contributed by atoms with Crippen molar-refractivity contribution in [3.63, 3.8) is 0 Å². The fourth-order valence-electron chi connectivity index (χ4n) is 2.97. The summed E-state index contributed by atoms with van der Waals surface area (Å²) in [5, 5.41) is 8.62. The Kier molecular flexibility index (Phi) is 4.22. The van der Waals surface area contributed by atoms with Gasteiger partial charge in [-0.3, -0.25) is 0 Å². The molecular formula is C20H21ClN4. The molecule has 0 bridgehead atoms. The van der Waals surface area contributed by atoms with Crippen LogP contribution in [0.5, 0.6) is 0 Å². The Balaban J connectivity index is 1.69. The molecule has 0 aliphatic heterocycles. The molecule has 3 aromatic rings. The SMILES string of the molecule is Cc1ccc(Nc2nc(N[C@H](C)C3CC3)c3ccccc3n2)cc1Cl. The maximum absolute atomic E-state index is 6.22. The summed E-state index contributed by atoms with van der Waals surface area (Å²) in [5.74, 6) is 2.20. The molecule has 128 valence electrons. The number of para-hydroxylation sites is 1. The van der Waals surface area contributed by atoms with E-state index in [9.17, 15) is 0 Å². The Morgan fingerprint density at radius 2 is 1.92 bits per heavy atom. The van der Waals surface area contributed by atoms with Crippen molar-refractivity contribution >= 4 is 40.0 Å². The largest absolute Gasteiger partial charge is 0.367 e. The van der Waals surface area contributed by atoms with E-state index in [0.717, 1.165) is 38.9 Å². The van der Waals surface area contributed by atoms with E-state index < -0.39 is 0 Å². The molecule has 2 N–H and O–H groups in total. The maximum atomic E-state index is 6.22. The Morgan fingerprint density at radius 1 is 1.12 bits per heavy atom. The molecule has 4 rings (SSSR count). The number of aromatic nitrogens is 2. The maximum Gasteiger partial charge on any atom is 0.229 e. The van der Waals surface area contributed by atoms with Gasteiger partial charge in [-0.15, -0.1) is 0 Å². The molecule has 0 spiro atoms. The highest BCUT2D eigenvalue weighted by molar-refractivity contribution is 6.31. The van der Waals surface area contributed by atoms with E-state index in [0.29, 0.717) is 12.0 Å². The average Bonchev–Trinajstić information content (AvgIpc) is 3.43. The molecule has 1 atom stereocenters. The van der Waals surface area contributed by atoms with Gasteiger partial charge in [-0.2, -0.15) is 4.98 Å². The van der Waals surface area contributed by atoms with E-state index in [2.05, 4.69) is 28.6 Å². The van der Waals surface area contributed by atoms with Crippen LogP contribution in [-0.2, 0) is 0 Å². The molecule has 0 saturated heterocycles. The first-order chi connectivity index (χ1) is 12.1. The van der Waals surface area contributed by atoms with Crippen molar-refractivity contribution in [2.75, 3.05) is 10.6 Å². The average molecular weight is 353 g/mol. The summed E-state index contributed by atoms with van der Waals surface area (Å²) in [6, 6.07) is 14.4. The van der Waals surface area contributed by atoms with Crippen LogP contribution in [0, 0.1) is 12.8 Å². The van der Waals surface area contributed by atoms with Crippen LogP contribution in [0.25, 0.3) is 10.9 Å². The van der Waals surface area contributed by atoms with Crippen molar-refractivity contribution in [2.24, 2.45) is 5.92 Å². The van der Waals surface area contributed by atoms with E-state index in [1.807, 2.05) is 43.3 Å². The van der Waals surface area contributed by atoms with Crippen LogP contribution in [0.4, 0.5) is 17.5 Å². The van der Waals surface area contributed by atoms with E-state index in [4.69, 9.17) is 16.6 Å². The zero-order valence-corrected chi connectivity index (χ0v) is 15.1. The third kappa shape index (κ3) is 3.54. The number of rotatable bonds is 5. The number of anilines is 3. The molecule has 4 nitrogen and oxygen atoms in total. The summed E-state index contributed by atoms with van der Waals surface area (Å²) in [4.78, 5) is 9.37. The third-order valence-corrected chi connectivity index (χ3v) is 5.13. The fourth-order valence-corrected chi connectivity index (χ4v) is 3.15. The number of nitrogens with zero attached hydrogens (tertiary/aromatic N) is 2. The number of nitrogens with one attached hydrogen (secondary N) is 2. The van der Waals surface area contributed by atoms with Crippen LogP contribution in [0.2, 0.25) is 5.02 Å². The number of hydrogen-bond acceptors (Lipinski definition) is 4. The molecule has 1 heterocycles. The number of hydrogen-bond donors (Lipinski definition) is 2. The van der Waals surface area contributed by atoms with Gasteiger partial charge in [0.05, 0.1) is 5.52 Å². The number of benzene rings is 2. The Labute approximate surface area is 152 Å². The van der Waals surface area contributed by atoms with Gasteiger partial charge in [0.2, 0.25) is 5.95 Å². The highest BCUT2D eigenvalue weighted by Gasteiger charge is 2.28. The normalized spacial score (nSPS) is 15.2. The molecule has 25 heavy (non-hydrogen) atoms. The molecule has 0 unspecified atom stereocenters. The minimum absolute atomic E-state index is 0.417. The van der Waals surface area contributed by atoms with Gasteiger partial charge in [0, 0.05) is 22.1 Å². The Bertz CT molecular complexity index is 921. The Hall–Kier alpha value is -2.33. The van der Waals surface area contributed by atoms with Crippen molar-refractivity contribution in [2.45, 2.75) is 32.7 Å². The molecular weight excluding hydrogens is 332 g/mol. The predicted molar refractivity (Wildman–Crippen MR) is 105 cm³/mol. The van der Waals surface area contributed by atoms with E-state index in [1.54, 1.807) is 0 Å². The van der Waals surface area contributed by atoms with E-state index in [-0.39, 0.29) is 0 Å². The third-order valence-electron chi connectivity index (χ3n) is 4.72. The molecule has 1 saturated carbocycles. The van der Waals surface area contributed by atoms with Crippen molar-refractivity contribution < 1.29 is 0 Å². The predicted octanol–water partition coefficient (Wildman–Crippen LogP) is 5.55. The molecule has 0 radical (unpaired) electrons. The summed E-state index contributed by atoms with van der Waals surface area (Å²) in [5.41, 5.74) is 2.85. The summed E-state index contributed by atoms with van der Waals surface area (Å²) >= 11 is 6.22. The van der Waals surface area contributed by atoms with Crippen LogP contribution >= 0.6 is 11.6 Å². The van der Waals surface area contributed by atoms with Crippen molar-refractivity contribution in [1.29, 1.82) is 0 Å². The van der Waals surface area contributed by atoms with Gasteiger partial charge in [-0.1, -0.05) is 29.8 Å². The standard InChI is InChI=1S/C20H21ClN4/c1-12-7-10-15(11-17(12)21)23-20-24-18-6-4-3-5-16(18)19(25-20)22-13(2)14-8-9-14/h3-7,10-11,13-14H,8-9H2,1-2H3,(H2,22,23,24,25)/t13-/m1/s1. The lowest BCUT2D eigenvalue weighted by Gasteiger charge is -2.16. The second-order valence-electron chi connectivity index (χ2n) is 6.77.